The molecule has 37 heavy (non-hydrogen) atoms. The lowest BCUT2D eigenvalue weighted by atomic mass is 9.34. The highest BCUT2D eigenvalue weighted by molar-refractivity contribution is 7.00. The van der Waals surface area contributed by atoms with Crippen molar-refractivity contribution in [3.05, 3.63) is 124 Å². The van der Waals surface area contributed by atoms with E-state index in [1.54, 1.807) is 0 Å². The molecule has 0 N–H and O–H groups in total. The first-order valence-corrected chi connectivity index (χ1v) is 12.5. The van der Waals surface area contributed by atoms with E-state index in [-0.39, 0.29) is 17.8 Å². The van der Waals surface area contributed by atoms with Crippen molar-refractivity contribution in [1.29, 1.82) is 0 Å². The molecule has 2 aliphatic rings. The van der Waals surface area contributed by atoms with Crippen molar-refractivity contribution in [2.45, 2.75) is 0 Å². The number of benzene rings is 5. The fraction of sp³-hybridized carbons (Fsp3) is 0. The predicted molar refractivity (Wildman–Crippen MR) is 152 cm³/mol. The highest BCUT2D eigenvalue weighted by atomic mass is 16.1. The van der Waals surface area contributed by atoms with Gasteiger partial charge in [-0.1, -0.05) is 78.9 Å². The van der Waals surface area contributed by atoms with Gasteiger partial charge in [0.25, 0.3) is 17.8 Å². The Morgan fingerprint density at radius 3 is 1.32 bits per heavy atom. The SMILES string of the molecule is O=c1c2ccccc2c2cccc3c2n1-c1cccc2c1B3c1cccc3c4ccccc4c(=O)n-2c13. The quantitative estimate of drug-likeness (QED) is 0.249. The second-order valence-electron chi connectivity index (χ2n) is 10.0. The highest BCUT2D eigenvalue weighted by Gasteiger charge is 2.40. The summed E-state index contributed by atoms with van der Waals surface area (Å²) in [5, 5.41) is 5.47. The van der Waals surface area contributed by atoms with Crippen LogP contribution in [0.1, 0.15) is 0 Å². The van der Waals surface area contributed by atoms with Gasteiger partial charge in [-0.05, 0) is 51.4 Å². The minimum atomic E-state index is -0.0836. The van der Waals surface area contributed by atoms with E-state index in [1.807, 2.05) is 75.9 Å². The highest BCUT2D eigenvalue weighted by Crippen LogP contribution is 2.32. The minimum Gasteiger partial charge on any atom is -0.277 e. The van der Waals surface area contributed by atoms with E-state index in [9.17, 15) is 9.59 Å². The zero-order valence-electron chi connectivity index (χ0n) is 19.6. The maximum absolute atomic E-state index is 14.0. The minimum absolute atomic E-state index is 0.0303. The van der Waals surface area contributed by atoms with Gasteiger partial charge in [0.05, 0.1) is 11.0 Å². The standard InChI is InChI=1S/C32H17BN2O2/c36-31-22-10-3-1-8-18(22)20-12-5-14-24-29(20)34(31)26-16-7-17-27-28(26)33(24)25-15-6-13-21-19-9-2-4-11-23(19)32(37)35(27)30(21)25/h1-17H. The van der Waals surface area contributed by atoms with Gasteiger partial charge in [0.2, 0.25) is 0 Å². The van der Waals surface area contributed by atoms with E-state index in [0.717, 1.165) is 60.3 Å². The van der Waals surface area contributed by atoms with Crippen molar-refractivity contribution < 1.29 is 0 Å². The summed E-state index contributed by atoms with van der Waals surface area (Å²) in [6.07, 6.45) is 0. The third-order valence-electron chi connectivity index (χ3n) is 8.34. The van der Waals surface area contributed by atoms with Crippen LogP contribution in [-0.2, 0) is 0 Å². The molecule has 9 rings (SSSR count). The zero-order chi connectivity index (χ0) is 24.4. The van der Waals surface area contributed by atoms with Crippen molar-refractivity contribution in [2.24, 2.45) is 0 Å². The largest absolute Gasteiger partial charge is 0.277 e. The van der Waals surface area contributed by atoms with E-state index >= 15 is 0 Å². The van der Waals surface area contributed by atoms with Crippen LogP contribution < -0.4 is 27.5 Å². The lowest BCUT2D eigenvalue weighted by molar-refractivity contribution is 1.03. The molecule has 170 valence electrons. The lowest BCUT2D eigenvalue weighted by Gasteiger charge is -2.35. The summed E-state index contributed by atoms with van der Waals surface area (Å²) in [6.45, 7) is -0.0836. The molecule has 5 aromatic carbocycles. The molecule has 0 aliphatic carbocycles. The second kappa shape index (κ2) is 6.45. The Morgan fingerprint density at radius 1 is 0.432 bits per heavy atom. The Morgan fingerprint density at radius 2 is 0.838 bits per heavy atom. The summed E-state index contributed by atoms with van der Waals surface area (Å²) in [5.41, 5.74) is 6.75. The van der Waals surface area contributed by atoms with Gasteiger partial charge in [0, 0.05) is 32.9 Å². The van der Waals surface area contributed by atoms with Crippen LogP contribution in [0.2, 0.25) is 0 Å². The monoisotopic (exact) mass is 472 g/mol. The molecule has 2 aromatic heterocycles. The van der Waals surface area contributed by atoms with Gasteiger partial charge in [0.1, 0.15) is 0 Å². The molecule has 0 amide bonds. The third-order valence-corrected chi connectivity index (χ3v) is 8.34. The number of pyridine rings is 2. The van der Waals surface area contributed by atoms with Gasteiger partial charge >= 0.3 is 0 Å². The van der Waals surface area contributed by atoms with Gasteiger partial charge in [-0.15, -0.1) is 0 Å². The first-order chi connectivity index (χ1) is 18.2. The van der Waals surface area contributed by atoms with E-state index in [2.05, 4.69) is 36.4 Å². The molecule has 0 radical (unpaired) electrons. The molecule has 0 unspecified atom stereocenters. The van der Waals surface area contributed by atoms with Crippen LogP contribution in [0.3, 0.4) is 0 Å². The molecule has 4 nitrogen and oxygen atoms in total. The maximum atomic E-state index is 14.0. The summed E-state index contributed by atoms with van der Waals surface area (Å²) in [5.74, 6) is 0. The van der Waals surface area contributed by atoms with Gasteiger partial charge in [-0.25, -0.2) is 0 Å². The van der Waals surface area contributed by atoms with Gasteiger partial charge in [0.15, 0.2) is 0 Å². The first kappa shape index (κ1) is 19.3. The summed E-state index contributed by atoms with van der Waals surface area (Å²) in [7, 11) is 0. The number of nitrogens with zero attached hydrogens (tertiary/aromatic N) is 2. The van der Waals surface area contributed by atoms with Crippen molar-refractivity contribution in [1.82, 2.24) is 9.13 Å². The number of hydrogen-bond acceptors (Lipinski definition) is 2. The second-order valence-corrected chi connectivity index (χ2v) is 10.0. The smallest absolute Gasteiger partial charge is 0.263 e. The average molecular weight is 472 g/mol. The van der Waals surface area contributed by atoms with Gasteiger partial charge in [-0.2, -0.15) is 0 Å². The molecule has 0 atom stereocenters. The Balaban J connectivity index is 1.58. The molecule has 0 saturated heterocycles. The van der Waals surface area contributed by atoms with Crippen LogP contribution in [0.25, 0.3) is 54.7 Å². The number of hydrogen-bond donors (Lipinski definition) is 0. The lowest BCUT2D eigenvalue weighted by Crippen LogP contribution is -2.61. The number of fused-ring (bicyclic) bond motifs is 8. The topological polar surface area (TPSA) is 44.0 Å². The maximum Gasteiger partial charge on any atom is 0.263 e. The van der Waals surface area contributed by atoms with E-state index in [1.165, 1.54) is 0 Å². The van der Waals surface area contributed by atoms with Crippen LogP contribution in [-0.4, -0.2) is 15.8 Å². The van der Waals surface area contributed by atoms with Crippen LogP contribution in [0.4, 0.5) is 0 Å². The van der Waals surface area contributed by atoms with Crippen molar-refractivity contribution in [3.63, 3.8) is 0 Å². The van der Waals surface area contributed by atoms with Crippen LogP contribution in [0.5, 0.6) is 0 Å². The third kappa shape index (κ3) is 2.13. The Bertz CT molecular complexity index is 2150. The van der Waals surface area contributed by atoms with E-state index in [0.29, 0.717) is 10.8 Å². The van der Waals surface area contributed by atoms with Crippen LogP contribution in [0.15, 0.2) is 113 Å². The fourth-order valence-electron chi connectivity index (χ4n) is 6.94. The number of aromatic nitrogens is 2. The molecule has 0 spiro atoms. The van der Waals surface area contributed by atoms with E-state index < -0.39 is 0 Å². The predicted octanol–water partition coefficient (Wildman–Crippen LogP) is 3.74. The van der Waals surface area contributed by atoms with Crippen molar-refractivity contribution in [3.8, 4) is 11.4 Å². The zero-order valence-corrected chi connectivity index (χ0v) is 19.6. The Hall–Kier alpha value is -4.90. The Labute approximate surface area is 210 Å². The molecule has 0 bridgehead atoms. The van der Waals surface area contributed by atoms with Crippen molar-refractivity contribution >= 4 is 66.5 Å². The molecule has 0 saturated carbocycles. The van der Waals surface area contributed by atoms with Crippen molar-refractivity contribution in [2.75, 3.05) is 0 Å². The molecule has 5 heteroatoms. The Kier molecular flexibility index (Phi) is 3.37. The van der Waals surface area contributed by atoms with E-state index in [4.69, 9.17) is 0 Å². The van der Waals surface area contributed by atoms with Crippen LogP contribution >= 0.6 is 0 Å². The first-order valence-electron chi connectivity index (χ1n) is 12.5. The normalized spacial score (nSPS) is 13.0. The van der Waals surface area contributed by atoms with Crippen LogP contribution in [0, 0.1) is 0 Å². The summed E-state index contributed by atoms with van der Waals surface area (Å²) < 4.78 is 3.75. The summed E-state index contributed by atoms with van der Waals surface area (Å²) in [6, 6.07) is 34.4. The number of rotatable bonds is 0. The fourth-order valence-corrected chi connectivity index (χ4v) is 6.94. The molecule has 4 heterocycles. The van der Waals surface area contributed by atoms with Gasteiger partial charge < -0.3 is 0 Å². The molecule has 2 aliphatic heterocycles. The van der Waals surface area contributed by atoms with Gasteiger partial charge in [-0.3, -0.25) is 18.7 Å². The number of para-hydroxylation sites is 2. The summed E-state index contributed by atoms with van der Waals surface area (Å²) >= 11 is 0. The summed E-state index contributed by atoms with van der Waals surface area (Å²) in [4.78, 5) is 28.0. The molecule has 0 fully saturated rings. The molecule has 7 aromatic rings. The molecular formula is C32H17BN2O2. The average Bonchev–Trinajstić information content (AvgIpc) is 2.95. The molecular weight excluding hydrogens is 455 g/mol.